The molecule has 144 valence electrons. The van der Waals surface area contributed by atoms with Crippen molar-refractivity contribution in [1.29, 1.82) is 5.26 Å². The number of nitrogens with zero attached hydrogens (tertiary/aromatic N) is 1. The predicted octanol–water partition coefficient (Wildman–Crippen LogP) is 5.77. The van der Waals surface area contributed by atoms with Gasteiger partial charge in [-0.2, -0.15) is 5.26 Å². The zero-order valence-corrected chi connectivity index (χ0v) is 16.6. The third-order valence-electron chi connectivity index (χ3n) is 4.14. The van der Waals surface area contributed by atoms with E-state index in [1.807, 2.05) is 67.6 Å². The highest BCUT2D eigenvalue weighted by atomic mass is 35.5. The summed E-state index contributed by atoms with van der Waals surface area (Å²) in [5.41, 5.74) is 3.39. The van der Waals surface area contributed by atoms with Gasteiger partial charge < -0.3 is 10.1 Å². The van der Waals surface area contributed by atoms with Gasteiger partial charge in [0.1, 0.15) is 24.0 Å². The van der Waals surface area contributed by atoms with Crippen molar-refractivity contribution in [2.45, 2.75) is 13.5 Å². The summed E-state index contributed by atoms with van der Waals surface area (Å²) >= 11 is 5.99. The smallest absolute Gasteiger partial charge is 0.266 e. The summed E-state index contributed by atoms with van der Waals surface area (Å²) in [6, 6.07) is 24.0. The molecule has 3 aromatic rings. The molecular formula is C24H19ClN2O2. The molecule has 0 heterocycles. The second-order valence-corrected chi connectivity index (χ2v) is 6.92. The number of carbonyl (C=O) groups is 1. The number of rotatable bonds is 6. The molecule has 0 fully saturated rings. The van der Waals surface area contributed by atoms with Gasteiger partial charge in [0.25, 0.3) is 5.91 Å². The maximum atomic E-state index is 12.4. The lowest BCUT2D eigenvalue weighted by Gasteiger charge is -2.08. The van der Waals surface area contributed by atoms with Crippen molar-refractivity contribution < 1.29 is 9.53 Å². The number of halogens is 1. The van der Waals surface area contributed by atoms with Crippen molar-refractivity contribution in [2.24, 2.45) is 0 Å². The van der Waals surface area contributed by atoms with Crippen molar-refractivity contribution in [3.8, 4) is 11.8 Å². The molecule has 0 saturated carbocycles. The molecule has 0 aromatic heterocycles. The van der Waals surface area contributed by atoms with Gasteiger partial charge in [0.05, 0.1) is 0 Å². The monoisotopic (exact) mass is 402 g/mol. The normalized spacial score (nSPS) is 10.9. The molecule has 0 radical (unpaired) electrons. The lowest BCUT2D eigenvalue weighted by atomic mass is 10.1. The fourth-order valence-corrected chi connectivity index (χ4v) is 2.85. The van der Waals surface area contributed by atoms with E-state index in [-0.39, 0.29) is 5.57 Å². The molecule has 1 amide bonds. The Morgan fingerprint density at radius 3 is 2.59 bits per heavy atom. The number of hydrogen-bond donors (Lipinski definition) is 1. The molecule has 4 nitrogen and oxygen atoms in total. The molecule has 0 atom stereocenters. The molecule has 0 saturated heterocycles. The number of nitrogens with one attached hydrogen (secondary N) is 1. The fourth-order valence-electron chi connectivity index (χ4n) is 2.64. The van der Waals surface area contributed by atoms with Gasteiger partial charge >= 0.3 is 0 Å². The highest BCUT2D eigenvalue weighted by Gasteiger charge is 2.10. The number of aryl methyl sites for hydroxylation is 1. The minimum Gasteiger partial charge on any atom is -0.489 e. The van der Waals surface area contributed by atoms with Crippen LogP contribution in [0.4, 0.5) is 5.69 Å². The van der Waals surface area contributed by atoms with Crippen LogP contribution < -0.4 is 10.1 Å². The summed E-state index contributed by atoms with van der Waals surface area (Å²) in [6.45, 7) is 2.33. The van der Waals surface area contributed by atoms with E-state index in [1.165, 1.54) is 6.08 Å². The first-order valence-electron chi connectivity index (χ1n) is 9.00. The first kappa shape index (κ1) is 20.2. The molecule has 5 heteroatoms. The Labute approximate surface area is 175 Å². The van der Waals surface area contributed by atoms with E-state index in [0.29, 0.717) is 28.6 Å². The molecule has 0 aliphatic rings. The number of amides is 1. The zero-order valence-electron chi connectivity index (χ0n) is 15.9. The molecule has 3 rings (SSSR count). The average Bonchev–Trinajstić information content (AvgIpc) is 2.72. The summed E-state index contributed by atoms with van der Waals surface area (Å²) in [5, 5.41) is 12.8. The lowest BCUT2D eigenvalue weighted by molar-refractivity contribution is -0.112. The molecule has 0 aliphatic carbocycles. The van der Waals surface area contributed by atoms with Crippen LogP contribution in [0.1, 0.15) is 16.7 Å². The van der Waals surface area contributed by atoms with Gasteiger partial charge in [-0.25, -0.2) is 0 Å². The van der Waals surface area contributed by atoms with Crippen molar-refractivity contribution in [2.75, 3.05) is 5.32 Å². The second-order valence-electron chi connectivity index (χ2n) is 6.48. The molecule has 0 spiro atoms. The number of ether oxygens (including phenoxy) is 1. The Morgan fingerprint density at radius 1 is 1.10 bits per heavy atom. The number of anilines is 1. The molecule has 0 aliphatic heterocycles. The van der Waals surface area contributed by atoms with Crippen LogP contribution in [0.15, 0.2) is 78.4 Å². The van der Waals surface area contributed by atoms with Gasteiger partial charge in [0, 0.05) is 10.7 Å². The topological polar surface area (TPSA) is 62.1 Å². The van der Waals surface area contributed by atoms with Crippen LogP contribution in [0.5, 0.6) is 5.75 Å². The van der Waals surface area contributed by atoms with Gasteiger partial charge in [0.15, 0.2) is 0 Å². The maximum absolute atomic E-state index is 12.4. The SMILES string of the molecule is Cc1ccc(NC(=O)/C(C#N)=C\c2cccc(OCc3cccc(Cl)c3)c2)cc1. The van der Waals surface area contributed by atoms with E-state index < -0.39 is 5.91 Å². The molecule has 29 heavy (non-hydrogen) atoms. The third-order valence-corrected chi connectivity index (χ3v) is 4.37. The van der Waals surface area contributed by atoms with E-state index >= 15 is 0 Å². The van der Waals surface area contributed by atoms with Crippen molar-refractivity contribution in [1.82, 2.24) is 0 Å². The molecule has 0 bridgehead atoms. The van der Waals surface area contributed by atoms with Crippen LogP contribution >= 0.6 is 11.6 Å². The Hall–Kier alpha value is -3.55. The first-order chi connectivity index (χ1) is 14.0. The van der Waals surface area contributed by atoms with Crippen LogP contribution in [0, 0.1) is 18.3 Å². The van der Waals surface area contributed by atoms with E-state index in [1.54, 1.807) is 18.2 Å². The Balaban J connectivity index is 1.70. The zero-order chi connectivity index (χ0) is 20.6. The Morgan fingerprint density at radius 2 is 1.86 bits per heavy atom. The van der Waals surface area contributed by atoms with Crippen molar-refractivity contribution >= 4 is 29.3 Å². The minimum absolute atomic E-state index is 0.0116. The van der Waals surface area contributed by atoms with E-state index in [0.717, 1.165) is 11.1 Å². The maximum Gasteiger partial charge on any atom is 0.266 e. The van der Waals surface area contributed by atoms with Crippen LogP contribution in [-0.4, -0.2) is 5.91 Å². The number of hydrogen-bond acceptors (Lipinski definition) is 3. The summed E-state index contributed by atoms with van der Waals surface area (Å²) in [7, 11) is 0. The number of nitriles is 1. The molecule has 1 N–H and O–H groups in total. The van der Waals surface area contributed by atoms with Gasteiger partial charge in [0.2, 0.25) is 0 Å². The average molecular weight is 403 g/mol. The second kappa shape index (κ2) is 9.59. The summed E-state index contributed by atoms with van der Waals surface area (Å²) in [5.74, 6) is 0.177. The molecule has 0 unspecified atom stereocenters. The van der Waals surface area contributed by atoms with E-state index in [4.69, 9.17) is 16.3 Å². The Bertz CT molecular complexity index is 1080. The van der Waals surface area contributed by atoms with Crippen LogP contribution in [0.3, 0.4) is 0 Å². The lowest BCUT2D eigenvalue weighted by Crippen LogP contribution is -2.13. The van der Waals surface area contributed by atoms with Crippen molar-refractivity contribution in [3.05, 3.63) is 100 Å². The standard InChI is InChI=1S/C24H19ClN2O2/c1-17-8-10-22(11-9-17)27-24(28)20(15-26)12-18-4-3-7-23(14-18)29-16-19-5-2-6-21(25)13-19/h2-14H,16H2,1H3,(H,27,28)/b20-12-. The van der Waals surface area contributed by atoms with Crippen LogP contribution in [-0.2, 0) is 11.4 Å². The summed E-state index contributed by atoms with van der Waals surface area (Å²) in [6.07, 6.45) is 1.54. The van der Waals surface area contributed by atoms with E-state index in [2.05, 4.69) is 5.32 Å². The molecular weight excluding hydrogens is 384 g/mol. The van der Waals surface area contributed by atoms with Crippen LogP contribution in [0.25, 0.3) is 6.08 Å². The van der Waals surface area contributed by atoms with Crippen LogP contribution in [0.2, 0.25) is 5.02 Å². The van der Waals surface area contributed by atoms with Crippen molar-refractivity contribution in [3.63, 3.8) is 0 Å². The highest BCUT2D eigenvalue weighted by Crippen LogP contribution is 2.19. The first-order valence-corrected chi connectivity index (χ1v) is 9.38. The highest BCUT2D eigenvalue weighted by molar-refractivity contribution is 6.30. The minimum atomic E-state index is -0.457. The quantitative estimate of drug-likeness (QED) is 0.420. The van der Waals surface area contributed by atoms with Gasteiger partial charge in [-0.15, -0.1) is 0 Å². The number of benzene rings is 3. The van der Waals surface area contributed by atoms with Gasteiger partial charge in [-0.1, -0.05) is 53.6 Å². The van der Waals surface area contributed by atoms with Gasteiger partial charge in [-0.3, -0.25) is 4.79 Å². The largest absolute Gasteiger partial charge is 0.489 e. The van der Waals surface area contributed by atoms with E-state index in [9.17, 15) is 10.1 Å². The summed E-state index contributed by atoms with van der Waals surface area (Å²) in [4.78, 5) is 12.4. The van der Waals surface area contributed by atoms with Gasteiger partial charge in [-0.05, 0) is 60.5 Å². The summed E-state index contributed by atoms with van der Waals surface area (Å²) < 4.78 is 5.80. The molecule has 3 aromatic carbocycles. The third kappa shape index (κ3) is 5.97. The predicted molar refractivity (Wildman–Crippen MR) is 116 cm³/mol. The number of carbonyl (C=O) groups excluding carboxylic acids is 1. The fraction of sp³-hybridized carbons (Fsp3) is 0.0833. The Kier molecular flexibility index (Phi) is 6.67.